The molecule has 4 aliphatic heterocycles. The van der Waals surface area contributed by atoms with Crippen LogP contribution in [0.1, 0.15) is 84.5 Å². The Morgan fingerprint density at radius 1 is 0.750 bits per heavy atom. The number of fused-ring (bicyclic) bond motifs is 8. The van der Waals surface area contributed by atoms with Crippen molar-refractivity contribution in [1.82, 2.24) is 19.9 Å². The first-order valence-electron chi connectivity index (χ1n) is 17.4. The van der Waals surface area contributed by atoms with Gasteiger partial charge in [0.2, 0.25) is 0 Å². The van der Waals surface area contributed by atoms with E-state index >= 15 is 0 Å². The summed E-state index contributed by atoms with van der Waals surface area (Å²) in [6, 6.07) is 10.3. The van der Waals surface area contributed by atoms with Crippen molar-refractivity contribution < 1.29 is 49.0 Å². The first-order chi connectivity index (χ1) is 24.4. The minimum Gasteiger partial charge on any atom is -0.460 e. The Balaban J connectivity index is 1.46. The lowest BCUT2D eigenvalue weighted by Crippen LogP contribution is -2.63. The maximum absolute atomic E-state index is 14.6. The first-order valence-corrected chi connectivity index (χ1v) is 17.4. The number of esters is 1. The fraction of sp³-hybridized carbons (Fsp3) is 0.500. The molecule has 3 aromatic rings. The molecule has 14 nitrogen and oxygen atoms in total. The van der Waals surface area contributed by atoms with Crippen molar-refractivity contribution >= 4 is 39.6 Å². The number of aliphatic hydroxyl groups excluding tert-OH is 4. The molecule has 2 fully saturated rings. The molecule has 8 bridgehead atoms. The number of nitrogens with one attached hydrogen (secondary N) is 2. The van der Waals surface area contributed by atoms with Crippen molar-refractivity contribution in [2.24, 2.45) is 0 Å². The van der Waals surface area contributed by atoms with Gasteiger partial charge in [0.1, 0.15) is 58.8 Å². The lowest BCUT2D eigenvalue weighted by Gasteiger charge is -2.45. The Bertz CT molecular complexity index is 2140. The number of carbonyl (C=O) groups excluding carboxylic acids is 3. The summed E-state index contributed by atoms with van der Waals surface area (Å²) in [4.78, 5) is 57.4. The molecule has 0 saturated carbocycles. The number of aryl methyl sites for hydroxylation is 2. The topological polar surface area (TPSA) is 217 Å². The van der Waals surface area contributed by atoms with E-state index in [2.05, 4.69) is 9.97 Å². The Morgan fingerprint density at radius 2 is 1.27 bits per heavy atom. The van der Waals surface area contributed by atoms with Gasteiger partial charge in [-0.05, 0) is 89.1 Å². The summed E-state index contributed by atoms with van der Waals surface area (Å²) in [5.41, 5.74) is 1.54. The molecule has 14 heteroatoms. The molecule has 0 aromatic carbocycles. The third-order valence-electron chi connectivity index (χ3n) is 11.3. The summed E-state index contributed by atoms with van der Waals surface area (Å²) in [6.07, 6.45) is -10.0. The van der Waals surface area contributed by atoms with Gasteiger partial charge >= 0.3 is 5.97 Å². The van der Waals surface area contributed by atoms with Gasteiger partial charge in [0.25, 0.3) is 0 Å². The molecular weight excluding hydrogens is 672 g/mol. The van der Waals surface area contributed by atoms with Crippen LogP contribution < -0.4 is 0 Å². The van der Waals surface area contributed by atoms with E-state index in [0.717, 1.165) is 11.1 Å². The predicted molar refractivity (Wildman–Crippen MR) is 187 cm³/mol. The van der Waals surface area contributed by atoms with E-state index in [1.54, 1.807) is 52.0 Å². The fourth-order valence-electron chi connectivity index (χ4n) is 8.02. The normalized spacial score (nSPS) is 35.1. The lowest BCUT2D eigenvalue weighted by molar-refractivity contribution is -0.228. The second-order valence-corrected chi connectivity index (χ2v) is 15.0. The van der Waals surface area contributed by atoms with Crippen LogP contribution in [0, 0.1) is 13.8 Å². The number of carbonyl (C=O) groups is 3. The number of nitrogens with zero attached hydrogens (tertiary/aromatic N) is 2. The number of ether oxygens (including phenoxy) is 3. The third kappa shape index (κ3) is 5.60. The van der Waals surface area contributed by atoms with E-state index in [9.17, 15) is 34.8 Å². The monoisotopic (exact) mass is 716 g/mol. The minimum absolute atomic E-state index is 0.0749. The lowest BCUT2D eigenvalue weighted by atomic mass is 9.72. The second-order valence-electron chi connectivity index (χ2n) is 15.0. The summed E-state index contributed by atoms with van der Waals surface area (Å²) >= 11 is 0. The van der Waals surface area contributed by atoms with Gasteiger partial charge in [-0.2, -0.15) is 0 Å². The van der Waals surface area contributed by atoms with Crippen LogP contribution in [-0.2, 0) is 29.8 Å². The fourth-order valence-corrected chi connectivity index (χ4v) is 8.02. The molecule has 0 radical (unpaired) electrons. The van der Waals surface area contributed by atoms with Crippen LogP contribution in [0.4, 0.5) is 0 Å². The summed E-state index contributed by atoms with van der Waals surface area (Å²) in [6.45, 7) is 11.5. The van der Waals surface area contributed by atoms with Crippen molar-refractivity contribution in [2.75, 3.05) is 0 Å². The molecule has 0 spiro atoms. The molecule has 7 rings (SSSR count). The number of hydrogen-bond acceptors (Lipinski definition) is 12. The van der Waals surface area contributed by atoms with Gasteiger partial charge in [0, 0.05) is 35.4 Å². The van der Waals surface area contributed by atoms with Crippen molar-refractivity contribution in [1.29, 1.82) is 0 Å². The van der Waals surface area contributed by atoms with Gasteiger partial charge in [0.05, 0.1) is 29.7 Å². The third-order valence-corrected chi connectivity index (χ3v) is 11.3. The van der Waals surface area contributed by atoms with Gasteiger partial charge < -0.3 is 44.6 Å². The summed E-state index contributed by atoms with van der Waals surface area (Å²) < 4.78 is 18.0. The summed E-state index contributed by atoms with van der Waals surface area (Å²) in [5.74, 6) is -1.38. The molecule has 2 saturated heterocycles. The molecule has 0 unspecified atom stereocenters. The predicted octanol–water partition coefficient (Wildman–Crippen LogP) is 2.55. The average molecular weight is 717 g/mol. The molecule has 4 aliphatic rings. The standard InChI is InChI=1S/C38H44N4O10/c1-15-9-21-11-28-38(7,36-32(47)31(46)30(45)18(4)51-36)33(48)24(41-28)10-20-8-16(2)23(39-20)13-29-37(6,34(49)25(42-29)12-22(15)40-21)35-27(52-19(5)43)14-26(44)17(3)50-35/h8-13,17-18,26-27,30-32,35-36,39-40,44-47H,14H2,1-7H3/t17-,18-,26-,27-,30+,31-,32-,35-,36-,37+,38+/m1/s1. The number of Topliss-reactive ketones (excluding diaryl/α,β-unsaturated/α-hetero) is 2. The second kappa shape index (κ2) is 12.7. The molecule has 6 N–H and O–H groups in total. The number of aliphatic hydroxyl groups is 4. The van der Waals surface area contributed by atoms with Gasteiger partial charge in [-0.15, -0.1) is 0 Å². The average Bonchev–Trinajstić information content (AvgIpc) is 3.75. The van der Waals surface area contributed by atoms with Crippen molar-refractivity contribution in [3.8, 4) is 0 Å². The van der Waals surface area contributed by atoms with Gasteiger partial charge in [-0.25, -0.2) is 9.97 Å². The van der Waals surface area contributed by atoms with Crippen LogP contribution in [0.5, 0.6) is 0 Å². The number of ketones is 2. The van der Waals surface area contributed by atoms with Crippen molar-refractivity contribution in [3.05, 3.63) is 70.3 Å². The van der Waals surface area contributed by atoms with Gasteiger partial charge in [-0.3, -0.25) is 14.4 Å². The Kier molecular flexibility index (Phi) is 8.79. The summed E-state index contributed by atoms with van der Waals surface area (Å²) in [5, 5.41) is 42.9. The van der Waals surface area contributed by atoms with Crippen molar-refractivity contribution in [2.45, 2.75) is 121 Å². The smallest absolute Gasteiger partial charge is 0.302 e. The van der Waals surface area contributed by atoms with Crippen LogP contribution in [0.2, 0.25) is 0 Å². The maximum Gasteiger partial charge on any atom is 0.302 e. The molecule has 0 amide bonds. The zero-order valence-electron chi connectivity index (χ0n) is 30.0. The van der Waals surface area contributed by atoms with Gasteiger partial charge in [-0.1, -0.05) is 0 Å². The zero-order chi connectivity index (χ0) is 37.6. The van der Waals surface area contributed by atoms with E-state index in [1.807, 2.05) is 26.0 Å². The highest BCUT2D eigenvalue weighted by atomic mass is 16.6. The molecule has 276 valence electrons. The Morgan fingerprint density at radius 3 is 1.88 bits per heavy atom. The van der Waals surface area contributed by atoms with E-state index in [-0.39, 0.29) is 29.3 Å². The van der Waals surface area contributed by atoms with E-state index in [1.165, 1.54) is 6.92 Å². The van der Waals surface area contributed by atoms with Crippen LogP contribution in [0.25, 0.3) is 22.1 Å². The van der Waals surface area contributed by atoms with E-state index < -0.39 is 77.5 Å². The largest absolute Gasteiger partial charge is 0.460 e. The number of aromatic nitrogens is 4. The van der Waals surface area contributed by atoms with Crippen molar-refractivity contribution in [3.63, 3.8) is 0 Å². The molecule has 3 aromatic heterocycles. The van der Waals surface area contributed by atoms with Crippen LogP contribution >= 0.6 is 0 Å². The molecule has 0 aliphatic carbocycles. The highest BCUT2D eigenvalue weighted by Gasteiger charge is 2.58. The van der Waals surface area contributed by atoms with E-state index in [4.69, 9.17) is 24.2 Å². The maximum atomic E-state index is 14.6. The Labute approximate surface area is 299 Å². The van der Waals surface area contributed by atoms with Gasteiger partial charge in [0.15, 0.2) is 11.6 Å². The highest BCUT2D eigenvalue weighted by molar-refractivity contribution is 6.07. The Hall–Kier alpha value is -4.31. The number of rotatable bonds is 3. The molecule has 7 heterocycles. The molecule has 52 heavy (non-hydrogen) atoms. The van der Waals surface area contributed by atoms with E-state index in [0.29, 0.717) is 27.8 Å². The first kappa shape index (κ1) is 36.1. The minimum atomic E-state index is -1.60. The van der Waals surface area contributed by atoms with Crippen LogP contribution in [0.15, 0.2) is 36.4 Å². The molecule has 11 atom stereocenters. The number of H-pyrrole nitrogens is 2. The highest BCUT2D eigenvalue weighted by Crippen LogP contribution is 2.44. The van der Waals surface area contributed by atoms with Crippen LogP contribution in [0.3, 0.4) is 0 Å². The quantitative estimate of drug-likeness (QED) is 0.216. The number of aromatic amines is 2. The SMILES string of the molecule is CC(=O)O[C@@H]1C[C@@H](O)[C@@H](C)O[C@H]1[C@]1(C)C(=O)c2cc3[nH]c(cc4nc(cc5cc(C)c(cc1n2)[nH]5)C(=O)[C@@]4(C)[C@@H]1O[C@H](C)[C@H](O)[C@@H](O)[C@H]1O)cc3C. The zero-order valence-corrected chi connectivity index (χ0v) is 30.0. The van der Waals surface area contributed by atoms with Crippen LogP contribution in [-0.4, -0.2) is 113 Å². The molecular formula is C38H44N4O10. The summed E-state index contributed by atoms with van der Waals surface area (Å²) in [7, 11) is 0. The number of hydrogen-bond donors (Lipinski definition) is 6.